The summed E-state index contributed by atoms with van der Waals surface area (Å²) in [6.07, 6.45) is 4.41. The van der Waals surface area contributed by atoms with Gasteiger partial charge in [0.25, 0.3) is 0 Å². The van der Waals surface area contributed by atoms with E-state index in [1.807, 2.05) is 6.08 Å². The minimum absolute atomic E-state index is 0.118. The van der Waals surface area contributed by atoms with Crippen molar-refractivity contribution in [3.63, 3.8) is 0 Å². The number of hydrogen-bond donors (Lipinski definition) is 0. The zero-order valence-corrected chi connectivity index (χ0v) is 11.0. The van der Waals surface area contributed by atoms with Gasteiger partial charge in [0.2, 0.25) is 0 Å². The van der Waals surface area contributed by atoms with E-state index >= 15 is 0 Å². The summed E-state index contributed by atoms with van der Waals surface area (Å²) >= 11 is 0. The molecule has 18 heavy (non-hydrogen) atoms. The second-order valence-corrected chi connectivity index (χ2v) is 4.24. The van der Waals surface area contributed by atoms with Gasteiger partial charge in [-0.1, -0.05) is 11.6 Å². The molecule has 4 heteroatoms. The molecule has 1 aliphatic rings. The molecule has 4 nitrogen and oxygen atoms in total. The van der Waals surface area contributed by atoms with Crippen molar-refractivity contribution < 1.29 is 19.1 Å². The molecule has 0 radical (unpaired) electrons. The zero-order valence-electron chi connectivity index (χ0n) is 11.0. The lowest BCUT2D eigenvalue weighted by molar-refractivity contribution is -0.168. The van der Waals surface area contributed by atoms with Gasteiger partial charge < -0.3 is 9.47 Å². The minimum atomic E-state index is -1.33. The fourth-order valence-electron chi connectivity index (χ4n) is 1.69. The molecule has 0 saturated heterocycles. The maximum absolute atomic E-state index is 12.0. The van der Waals surface area contributed by atoms with Crippen molar-refractivity contribution in [2.24, 2.45) is 5.41 Å². The van der Waals surface area contributed by atoms with E-state index in [1.54, 1.807) is 6.92 Å². The van der Waals surface area contributed by atoms with Crippen molar-refractivity contribution in [2.75, 3.05) is 14.2 Å². The highest BCUT2D eigenvalue weighted by Crippen LogP contribution is 2.35. The first-order valence-corrected chi connectivity index (χ1v) is 5.85. The van der Waals surface area contributed by atoms with Crippen LogP contribution in [-0.2, 0) is 19.1 Å². The van der Waals surface area contributed by atoms with Gasteiger partial charge in [-0.15, -0.1) is 11.8 Å². The van der Waals surface area contributed by atoms with Crippen LogP contribution in [0.1, 0.15) is 32.6 Å². The van der Waals surface area contributed by atoms with Crippen LogP contribution in [0.2, 0.25) is 0 Å². The van der Waals surface area contributed by atoms with Gasteiger partial charge in [0.1, 0.15) is 0 Å². The first-order valence-electron chi connectivity index (χ1n) is 5.85. The predicted molar refractivity (Wildman–Crippen MR) is 66.5 cm³/mol. The number of ether oxygens (including phenoxy) is 2. The Morgan fingerprint density at radius 1 is 1.28 bits per heavy atom. The van der Waals surface area contributed by atoms with Crippen LogP contribution in [-0.4, -0.2) is 26.2 Å². The van der Waals surface area contributed by atoms with Crippen LogP contribution in [0.5, 0.6) is 0 Å². The largest absolute Gasteiger partial charge is 0.468 e. The van der Waals surface area contributed by atoms with Gasteiger partial charge in [0, 0.05) is 6.42 Å². The fraction of sp³-hybridized carbons (Fsp3) is 0.571. The lowest BCUT2D eigenvalue weighted by Gasteiger charge is -2.24. The Labute approximate surface area is 107 Å². The molecule has 0 aromatic heterocycles. The van der Waals surface area contributed by atoms with Gasteiger partial charge in [-0.05, 0) is 26.2 Å². The number of rotatable bonds is 5. The van der Waals surface area contributed by atoms with Gasteiger partial charge in [-0.2, -0.15) is 0 Å². The number of hydrogen-bond acceptors (Lipinski definition) is 4. The van der Waals surface area contributed by atoms with E-state index < -0.39 is 17.4 Å². The lowest BCUT2D eigenvalue weighted by Crippen LogP contribution is -2.40. The highest BCUT2D eigenvalue weighted by molar-refractivity contribution is 6.00. The van der Waals surface area contributed by atoms with Crippen LogP contribution in [0, 0.1) is 17.3 Å². The molecule has 0 bridgehead atoms. The SMILES string of the molecule is CC#CCC(CC=C1CC1)(C(=O)OC)C(=O)OC. The third kappa shape index (κ3) is 3.13. The van der Waals surface area contributed by atoms with Crippen molar-refractivity contribution in [3.05, 3.63) is 11.6 Å². The summed E-state index contributed by atoms with van der Waals surface area (Å²) in [5.41, 5.74) is -0.0705. The van der Waals surface area contributed by atoms with Crippen LogP contribution in [0.3, 0.4) is 0 Å². The van der Waals surface area contributed by atoms with E-state index in [2.05, 4.69) is 11.8 Å². The standard InChI is InChI=1S/C14H18O4/c1-4-5-9-14(12(15)17-2,13(16)18-3)10-8-11-6-7-11/h8H,6-7,9-10H2,1-3H3. The van der Waals surface area contributed by atoms with Crippen molar-refractivity contribution in [2.45, 2.75) is 32.6 Å². The molecule has 1 saturated carbocycles. The van der Waals surface area contributed by atoms with Crippen LogP contribution in [0.15, 0.2) is 11.6 Å². The molecule has 1 rings (SSSR count). The average Bonchev–Trinajstić information content (AvgIpc) is 3.21. The minimum Gasteiger partial charge on any atom is -0.468 e. The Kier molecular flexibility index (Phi) is 4.96. The summed E-state index contributed by atoms with van der Waals surface area (Å²) < 4.78 is 9.50. The van der Waals surface area contributed by atoms with Crippen molar-refractivity contribution in [3.8, 4) is 11.8 Å². The first kappa shape index (κ1) is 14.3. The molecule has 0 aromatic carbocycles. The van der Waals surface area contributed by atoms with Gasteiger partial charge in [-0.25, -0.2) is 0 Å². The van der Waals surface area contributed by atoms with Gasteiger partial charge in [0.05, 0.1) is 14.2 Å². The maximum atomic E-state index is 12.0. The summed E-state index contributed by atoms with van der Waals surface area (Å²) in [6.45, 7) is 1.67. The highest BCUT2D eigenvalue weighted by Gasteiger charge is 2.47. The first-order chi connectivity index (χ1) is 8.60. The van der Waals surface area contributed by atoms with E-state index in [9.17, 15) is 9.59 Å². The third-order valence-electron chi connectivity index (χ3n) is 3.00. The van der Waals surface area contributed by atoms with Crippen molar-refractivity contribution in [1.82, 2.24) is 0 Å². The summed E-state index contributed by atoms with van der Waals surface area (Å²) in [4.78, 5) is 23.9. The summed E-state index contributed by atoms with van der Waals surface area (Å²) in [7, 11) is 2.54. The van der Waals surface area contributed by atoms with E-state index in [4.69, 9.17) is 9.47 Å². The second-order valence-electron chi connectivity index (χ2n) is 4.24. The Bertz CT molecular complexity index is 401. The molecular formula is C14H18O4. The Balaban J connectivity index is 3.03. The molecule has 1 aliphatic carbocycles. The maximum Gasteiger partial charge on any atom is 0.324 e. The number of allylic oxidation sites excluding steroid dienone is 2. The molecule has 0 heterocycles. The zero-order chi connectivity index (χ0) is 13.6. The van der Waals surface area contributed by atoms with E-state index in [1.165, 1.54) is 19.8 Å². The monoisotopic (exact) mass is 250 g/mol. The molecule has 0 aliphatic heterocycles. The lowest BCUT2D eigenvalue weighted by atomic mass is 9.81. The van der Waals surface area contributed by atoms with Crippen LogP contribution in [0.25, 0.3) is 0 Å². The average molecular weight is 250 g/mol. The van der Waals surface area contributed by atoms with Crippen LogP contribution in [0.4, 0.5) is 0 Å². The van der Waals surface area contributed by atoms with Crippen molar-refractivity contribution in [1.29, 1.82) is 0 Å². The second kappa shape index (κ2) is 6.25. The Morgan fingerprint density at radius 3 is 2.22 bits per heavy atom. The molecule has 0 N–H and O–H groups in total. The smallest absolute Gasteiger partial charge is 0.324 e. The molecule has 0 amide bonds. The topological polar surface area (TPSA) is 52.6 Å². The number of carbonyl (C=O) groups excluding carboxylic acids is 2. The third-order valence-corrected chi connectivity index (χ3v) is 3.00. The molecule has 0 atom stereocenters. The summed E-state index contributed by atoms with van der Waals surface area (Å²) in [5, 5.41) is 0. The van der Waals surface area contributed by atoms with E-state index in [-0.39, 0.29) is 12.8 Å². The molecule has 98 valence electrons. The Morgan fingerprint density at radius 2 is 1.83 bits per heavy atom. The summed E-state index contributed by atoms with van der Waals surface area (Å²) in [5.74, 6) is 4.30. The molecular weight excluding hydrogens is 232 g/mol. The van der Waals surface area contributed by atoms with Gasteiger partial charge in [0.15, 0.2) is 5.41 Å². The van der Waals surface area contributed by atoms with Gasteiger partial charge in [-0.3, -0.25) is 9.59 Å². The molecule has 0 spiro atoms. The van der Waals surface area contributed by atoms with Crippen LogP contribution < -0.4 is 0 Å². The Hall–Kier alpha value is -1.76. The molecule has 1 fully saturated rings. The fourth-order valence-corrected chi connectivity index (χ4v) is 1.69. The van der Waals surface area contributed by atoms with Gasteiger partial charge >= 0.3 is 11.9 Å². The van der Waals surface area contributed by atoms with E-state index in [0.717, 1.165) is 12.8 Å². The normalized spacial score (nSPS) is 13.2. The van der Waals surface area contributed by atoms with E-state index in [0.29, 0.717) is 0 Å². The highest BCUT2D eigenvalue weighted by atomic mass is 16.5. The number of methoxy groups -OCH3 is 2. The van der Waals surface area contributed by atoms with Crippen LogP contribution >= 0.6 is 0 Å². The molecule has 0 unspecified atom stereocenters. The number of carbonyl (C=O) groups is 2. The quantitative estimate of drug-likeness (QED) is 0.323. The van der Waals surface area contributed by atoms with Crippen molar-refractivity contribution >= 4 is 11.9 Å². The summed E-state index contributed by atoms with van der Waals surface area (Å²) in [6, 6.07) is 0. The molecule has 0 aromatic rings. The predicted octanol–water partition coefficient (Wildman–Crippen LogP) is 1.84. The number of esters is 2.